The molecule has 5 nitrogen and oxygen atoms in total. The molecule has 0 aliphatic carbocycles. The summed E-state index contributed by atoms with van der Waals surface area (Å²) in [6.07, 6.45) is 1.38. The maximum absolute atomic E-state index is 11.0. The Kier molecular flexibility index (Phi) is 3.92. The molecule has 1 aromatic carbocycles. The standard InChI is InChI=1S/C12H9BrClN3O2/c13-9-7(14)2-1-3-8(9)17-11-10(15)6(12(18)19)4-5-16-11/h1-5H,15H2,(H,16,17)(H,18,19). The van der Waals surface area contributed by atoms with Crippen molar-refractivity contribution in [3.05, 3.63) is 45.5 Å². The molecule has 2 rings (SSSR count). The summed E-state index contributed by atoms with van der Waals surface area (Å²) in [5.41, 5.74) is 6.48. The van der Waals surface area contributed by atoms with Gasteiger partial charge < -0.3 is 16.2 Å². The number of nitrogen functional groups attached to an aromatic ring is 1. The molecular weight excluding hydrogens is 334 g/mol. The van der Waals surface area contributed by atoms with Gasteiger partial charge in [-0.1, -0.05) is 17.7 Å². The molecule has 0 unspecified atom stereocenters. The first-order valence-electron chi connectivity index (χ1n) is 5.19. The number of nitrogens with two attached hydrogens (primary N) is 1. The Bertz CT molecular complexity index is 649. The molecule has 0 spiro atoms. The maximum atomic E-state index is 11.0. The number of carboxylic acid groups (broad SMARTS) is 1. The quantitative estimate of drug-likeness (QED) is 0.794. The molecule has 0 radical (unpaired) electrons. The Labute approximate surface area is 122 Å². The fourth-order valence-corrected chi connectivity index (χ4v) is 2.03. The number of carbonyl (C=O) groups is 1. The van der Waals surface area contributed by atoms with E-state index in [1.807, 2.05) is 0 Å². The Hall–Kier alpha value is -1.79. The summed E-state index contributed by atoms with van der Waals surface area (Å²) in [4.78, 5) is 15.0. The van der Waals surface area contributed by atoms with Crippen LogP contribution in [0, 0.1) is 0 Å². The second-order valence-electron chi connectivity index (χ2n) is 3.65. The lowest BCUT2D eigenvalue weighted by atomic mass is 10.2. The molecule has 1 heterocycles. The minimum absolute atomic E-state index is 0.00403. The van der Waals surface area contributed by atoms with Crippen molar-refractivity contribution in [1.29, 1.82) is 0 Å². The number of hydrogen-bond acceptors (Lipinski definition) is 4. The lowest BCUT2D eigenvalue weighted by Crippen LogP contribution is -2.07. The first-order valence-corrected chi connectivity index (χ1v) is 6.36. The molecule has 4 N–H and O–H groups in total. The summed E-state index contributed by atoms with van der Waals surface area (Å²) in [6.45, 7) is 0. The van der Waals surface area contributed by atoms with Gasteiger partial charge in [0.1, 0.15) is 0 Å². The normalized spacial score (nSPS) is 10.2. The number of pyridine rings is 1. The summed E-state index contributed by atoms with van der Waals surface area (Å²) in [5.74, 6) is -0.837. The predicted molar refractivity (Wildman–Crippen MR) is 78.0 cm³/mol. The van der Waals surface area contributed by atoms with Gasteiger partial charge in [-0.05, 0) is 34.1 Å². The number of benzene rings is 1. The number of rotatable bonds is 3. The van der Waals surface area contributed by atoms with Crippen LogP contribution in [-0.2, 0) is 0 Å². The van der Waals surface area contributed by atoms with Crippen LogP contribution in [-0.4, -0.2) is 16.1 Å². The van der Waals surface area contributed by atoms with Gasteiger partial charge in [0, 0.05) is 6.20 Å². The third kappa shape index (κ3) is 2.80. The van der Waals surface area contributed by atoms with Crippen molar-refractivity contribution in [1.82, 2.24) is 4.98 Å². The summed E-state index contributed by atoms with van der Waals surface area (Å²) in [5, 5.41) is 12.5. The van der Waals surface area contributed by atoms with E-state index in [0.717, 1.165) is 0 Å². The summed E-state index contributed by atoms with van der Waals surface area (Å²) in [7, 11) is 0. The number of nitrogens with one attached hydrogen (secondary N) is 1. The second kappa shape index (κ2) is 5.46. The Morgan fingerprint density at radius 3 is 2.84 bits per heavy atom. The minimum atomic E-state index is -1.10. The van der Waals surface area contributed by atoms with E-state index in [-0.39, 0.29) is 17.1 Å². The van der Waals surface area contributed by atoms with Crippen molar-refractivity contribution in [2.75, 3.05) is 11.1 Å². The third-order valence-corrected chi connectivity index (χ3v) is 3.82. The van der Waals surface area contributed by atoms with Crippen molar-refractivity contribution in [3.8, 4) is 0 Å². The molecule has 0 aliphatic rings. The molecule has 19 heavy (non-hydrogen) atoms. The van der Waals surface area contributed by atoms with E-state index in [2.05, 4.69) is 26.2 Å². The van der Waals surface area contributed by atoms with Crippen LogP contribution in [0.5, 0.6) is 0 Å². The topological polar surface area (TPSA) is 88.2 Å². The van der Waals surface area contributed by atoms with Gasteiger partial charge in [0.25, 0.3) is 0 Å². The summed E-state index contributed by atoms with van der Waals surface area (Å²) >= 11 is 9.30. The maximum Gasteiger partial charge on any atom is 0.337 e. The molecular formula is C12H9BrClN3O2. The lowest BCUT2D eigenvalue weighted by molar-refractivity contribution is 0.0698. The van der Waals surface area contributed by atoms with Crippen LogP contribution < -0.4 is 11.1 Å². The number of anilines is 3. The number of aromatic nitrogens is 1. The highest BCUT2D eigenvalue weighted by molar-refractivity contribution is 9.10. The fourth-order valence-electron chi connectivity index (χ4n) is 1.49. The smallest absolute Gasteiger partial charge is 0.337 e. The van der Waals surface area contributed by atoms with Crippen LogP contribution in [0.1, 0.15) is 10.4 Å². The number of carboxylic acids is 1. The minimum Gasteiger partial charge on any atom is -0.478 e. The molecule has 0 bridgehead atoms. The highest BCUT2D eigenvalue weighted by atomic mass is 79.9. The summed E-state index contributed by atoms with van der Waals surface area (Å²) in [6, 6.07) is 6.59. The van der Waals surface area contributed by atoms with Crippen LogP contribution in [0.2, 0.25) is 5.02 Å². The van der Waals surface area contributed by atoms with Crippen LogP contribution >= 0.6 is 27.5 Å². The van der Waals surface area contributed by atoms with Gasteiger partial charge in [-0.2, -0.15) is 0 Å². The van der Waals surface area contributed by atoms with Gasteiger partial charge in [-0.15, -0.1) is 0 Å². The largest absolute Gasteiger partial charge is 0.478 e. The van der Waals surface area contributed by atoms with Crippen LogP contribution in [0.3, 0.4) is 0 Å². The average molecular weight is 343 g/mol. The highest BCUT2D eigenvalue weighted by Gasteiger charge is 2.13. The van der Waals surface area contributed by atoms with Crippen LogP contribution in [0.4, 0.5) is 17.2 Å². The third-order valence-electron chi connectivity index (χ3n) is 2.43. The van der Waals surface area contributed by atoms with E-state index >= 15 is 0 Å². The van der Waals surface area contributed by atoms with E-state index in [0.29, 0.717) is 15.2 Å². The van der Waals surface area contributed by atoms with Crippen LogP contribution in [0.25, 0.3) is 0 Å². The summed E-state index contributed by atoms with van der Waals surface area (Å²) < 4.78 is 0.651. The molecule has 0 amide bonds. The molecule has 98 valence electrons. The van der Waals surface area contributed by atoms with E-state index in [9.17, 15) is 4.79 Å². The fraction of sp³-hybridized carbons (Fsp3) is 0. The Morgan fingerprint density at radius 2 is 2.16 bits per heavy atom. The van der Waals surface area contributed by atoms with Gasteiger partial charge in [0.05, 0.1) is 26.4 Å². The zero-order valence-corrected chi connectivity index (χ0v) is 11.9. The first kappa shape index (κ1) is 13.6. The lowest BCUT2D eigenvalue weighted by Gasteiger charge is -2.11. The van der Waals surface area contributed by atoms with E-state index in [1.54, 1.807) is 18.2 Å². The number of aromatic carboxylic acids is 1. The van der Waals surface area contributed by atoms with Crippen molar-refractivity contribution in [3.63, 3.8) is 0 Å². The molecule has 0 aliphatic heterocycles. The van der Waals surface area contributed by atoms with Crippen molar-refractivity contribution >= 4 is 50.7 Å². The first-order chi connectivity index (χ1) is 9.00. The monoisotopic (exact) mass is 341 g/mol. The molecule has 0 saturated heterocycles. The average Bonchev–Trinajstić information content (AvgIpc) is 2.37. The molecule has 0 saturated carbocycles. The number of hydrogen-bond donors (Lipinski definition) is 3. The zero-order chi connectivity index (χ0) is 14.0. The van der Waals surface area contributed by atoms with Gasteiger partial charge >= 0.3 is 5.97 Å². The molecule has 1 aromatic heterocycles. The van der Waals surface area contributed by atoms with E-state index in [1.165, 1.54) is 12.3 Å². The number of halogens is 2. The van der Waals surface area contributed by atoms with E-state index < -0.39 is 5.97 Å². The second-order valence-corrected chi connectivity index (χ2v) is 4.85. The molecule has 0 atom stereocenters. The highest BCUT2D eigenvalue weighted by Crippen LogP contribution is 2.33. The van der Waals surface area contributed by atoms with Gasteiger partial charge in [0.2, 0.25) is 0 Å². The number of nitrogens with zero attached hydrogens (tertiary/aromatic N) is 1. The Morgan fingerprint density at radius 1 is 1.42 bits per heavy atom. The van der Waals surface area contributed by atoms with Gasteiger partial charge in [-0.25, -0.2) is 9.78 Å². The zero-order valence-electron chi connectivity index (χ0n) is 9.52. The van der Waals surface area contributed by atoms with Crippen molar-refractivity contribution in [2.45, 2.75) is 0 Å². The van der Waals surface area contributed by atoms with E-state index in [4.69, 9.17) is 22.4 Å². The van der Waals surface area contributed by atoms with Gasteiger partial charge in [0.15, 0.2) is 5.82 Å². The van der Waals surface area contributed by atoms with Crippen molar-refractivity contribution in [2.24, 2.45) is 0 Å². The predicted octanol–water partition coefficient (Wildman–Crippen LogP) is 3.52. The van der Waals surface area contributed by atoms with Crippen molar-refractivity contribution < 1.29 is 9.90 Å². The molecule has 2 aromatic rings. The Balaban J connectivity index is 2.42. The molecule has 0 fully saturated rings. The van der Waals surface area contributed by atoms with Gasteiger partial charge in [-0.3, -0.25) is 0 Å². The van der Waals surface area contributed by atoms with Crippen LogP contribution in [0.15, 0.2) is 34.9 Å². The molecule has 7 heteroatoms. The SMILES string of the molecule is Nc1c(C(=O)O)ccnc1Nc1cccc(Cl)c1Br.